The standard InChI is InChI=1S/C8H5NO2.K.H/c10-7-5-3-1-2-4-6(5)8(11)9-7;;/h1-4H,(H,9,10,11);;/q;+1;-1/i9+1;;. The molecule has 0 spiro atoms. The molecule has 1 aromatic carbocycles. The SMILES string of the molecule is O=C1[15NH]C(=O)c2ccccc21.[H-].[K+]. The van der Waals surface area contributed by atoms with E-state index in [-0.39, 0.29) is 64.6 Å². The van der Waals surface area contributed by atoms with Crippen molar-refractivity contribution in [2.24, 2.45) is 0 Å². The summed E-state index contributed by atoms with van der Waals surface area (Å²) in [5.74, 6) is -0.601. The van der Waals surface area contributed by atoms with Crippen LogP contribution in [0, 0.1) is 0 Å². The normalized spacial score (nSPS) is 13.3. The van der Waals surface area contributed by atoms with Crippen molar-refractivity contribution in [3.8, 4) is 0 Å². The van der Waals surface area contributed by atoms with Crippen LogP contribution in [0.25, 0.3) is 0 Å². The molecule has 56 valence electrons. The molecule has 0 bridgehead atoms. The van der Waals surface area contributed by atoms with Gasteiger partial charge in [0.2, 0.25) is 0 Å². The smallest absolute Gasteiger partial charge is 1.00 e. The van der Waals surface area contributed by atoms with E-state index < -0.39 is 0 Å². The number of carbonyl (C=O) groups is 2. The molecule has 0 fully saturated rings. The quantitative estimate of drug-likeness (QED) is 0.282. The minimum atomic E-state index is -0.300. The van der Waals surface area contributed by atoms with E-state index in [1.54, 1.807) is 24.3 Å². The Kier molecular flexibility index (Phi) is 3.20. The van der Waals surface area contributed by atoms with Crippen molar-refractivity contribution in [2.45, 2.75) is 0 Å². The van der Waals surface area contributed by atoms with Gasteiger partial charge < -0.3 is 1.43 Å². The molecular weight excluding hydrogens is 182 g/mol. The van der Waals surface area contributed by atoms with E-state index in [0.717, 1.165) is 0 Å². The number of fused-ring (bicyclic) bond motifs is 1. The zero-order valence-electron chi connectivity index (χ0n) is 7.63. The van der Waals surface area contributed by atoms with Crippen molar-refractivity contribution in [1.29, 1.82) is 0 Å². The van der Waals surface area contributed by atoms with Crippen LogP contribution in [0.3, 0.4) is 0 Å². The van der Waals surface area contributed by atoms with E-state index >= 15 is 0 Å². The molecular formula is C8H6KNO2. The maximum Gasteiger partial charge on any atom is 1.00 e. The summed E-state index contributed by atoms with van der Waals surface area (Å²) in [6.45, 7) is 0. The second-order valence-electron chi connectivity index (χ2n) is 2.33. The number of hydrogen-bond acceptors (Lipinski definition) is 2. The van der Waals surface area contributed by atoms with Crippen LogP contribution < -0.4 is 56.7 Å². The fourth-order valence-electron chi connectivity index (χ4n) is 1.12. The molecule has 0 unspecified atom stereocenters. The molecule has 3 nitrogen and oxygen atoms in total. The molecule has 0 aliphatic carbocycles. The van der Waals surface area contributed by atoms with Crippen LogP contribution in [-0.4, -0.2) is 11.8 Å². The first-order valence-electron chi connectivity index (χ1n) is 3.24. The molecule has 2 rings (SSSR count). The molecule has 1 aliphatic heterocycles. The summed E-state index contributed by atoms with van der Waals surface area (Å²) >= 11 is 0. The molecule has 0 atom stereocenters. The van der Waals surface area contributed by atoms with Crippen molar-refractivity contribution in [2.75, 3.05) is 0 Å². The topological polar surface area (TPSA) is 46.2 Å². The maximum atomic E-state index is 10.9. The number of nitrogens with one attached hydrogen (secondary N) is 1. The molecule has 0 radical (unpaired) electrons. The number of hydrogen-bond donors (Lipinski definition) is 1. The summed E-state index contributed by atoms with van der Waals surface area (Å²) in [7, 11) is 0. The molecule has 1 N–H and O–H groups in total. The first-order chi connectivity index (χ1) is 5.29. The van der Waals surface area contributed by atoms with Gasteiger partial charge in [-0.25, -0.2) is 0 Å². The monoisotopic (exact) mass is 188 g/mol. The number of carbonyl (C=O) groups excluding carboxylic acids is 2. The van der Waals surface area contributed by atoms with Gasteiger partial charge in [0.1, 0.15) is 0 Å². The zero-order chi connectivity index (χ0) is 7.84. The third-order valence-electron chi connectivity index (χ3n) is 1.64. The van der Waals surface area contributed by atoms with Crippen molar-refractivity contribution in [3.63, 3.8) is 0 Å². The van der Waals surface area contributed by atoms with Gasteiger partial charge in [0.05, 0.1) is 11.1 Å². The van der Waals surface area contributed by atoms with Gasteiger partial charge in [-0.2, -0.15) is 0 Å². The van der Waals surface area contributed by atoms with Crippen LogP contribution in [0.2, 0.25) is 0 Å². The fourth-order valence-corrected chi connectivity index (χ4v) is 1.12. The summed E-state index contributed by atoms with van der Waals surface area (Å²) in [5.41, 5.74) is 0.940. The number of imide groups is 1. The Morgan fingerprint density at radius 1 is 1.00 bits per heavy atom. The van der Waals surface area contributed by atoms with Crippen molar-refractivity contribution >= 4 is 11.8 Å². The first-order valence-corrected chi connectivity index (χ1v) is 3.24. The zero-order valence-corrected chi connectivity index (χ0v) is 9.75. The van der Waals surface area contributed by atoms with Gasteiger partial charge in [0.15, 0.2) is 0 Å². The Morgan fingerprint density at radius 3 is 1.83 bits per heavy atom. The number of rotatable bonds is 0. The Labute approximate surface area is 113 Å². The van der Waals surface area contributed by atoms with Crippen LogP contribution in [-0.2, 0) is 0 Å². The summed E-state index contributed by atoms with van der Waals surface area (Å²) in [5, 5.41) is 2.20. The van der Waals surface area contributed by atoms with E-state index in [0.29, 0.717) is 11.1 Å². The second kappa shape index (κ2) is 3.80. The van der Waals surface area contributed by atoms with Crippen molar-refractivity contribution in [3.05, 3.63) is 35.4 Å². The molecule has 1 aromatic rings. The predicted octanol–water partition coefficient (Wildman–Crippen LogP) is -2.31. The third kappa shape index (κ3) is 1.53. The average molecular weight is 188 g/mol. The average Bonchev–Trinajstić information content (AvgIpc) is 2.30. The summed E-state index contributed by atoms with van der Waals surface area (Å²) < 4.78 is 0. The Balaban J connectivity index is 0.000000720. The van der Waals surface area contributed by atoms with Gasteiger partial charge in [-0.1, -0.05) is 12.1 Å². The van der Waals surface area contributed by atoms with E-state index in [9.17, 15) is 9.59 Å². The minimum Gasteiger partial charge on any atom is -1.00 e. The summed E-state index contributed by atoms with van der Waals surface area (Å²) in [6.07, 6.45) is 0. The third-order valence-corrected chi connectivity index (χ3v) is 1.64. The van der Waals surface area contributed by atoms with Crippen molar-refractivity contribution in [1.82, 2.24) is 5.32 Å². The summed E-state index contributed by atoms with van der Waals surface area (Å²) in [6, 6.07) is 6.74. The first kappa shape index (κ1) is 10.1. The van der Waals surface area contributed by atoms with Gasteiger partial charge >= 0.3 is 51.4 Å². The minimum absolute atomic E-state index is 0. The Morgan fingerprint density at radius 2 is 1.42 bits per heavy atom. The van der Waals surface area contributed by atoms with E-state index in [4.69, 9.17) is 0 Å². The van der Waals surface area contributed by atoms with Gasteiger partial charge in [0, 0.05) is 0 Å². The van der Waals surface area contributed by atoms with Gasteiger partial charge in [-0.3, -0.25) is 14.9 Å². The number of amides is 2. The van der Waals surface area contributed by atoms with Crippen LogP contribution in [0.5, 0.6) is 0 Å². The predicted molar refractivity (Wildman–Crippen MR) is 39.4 cm³/mol. The van der Waals surface area contributed by atoms with Gasteiger partial charge in [-0.15, -0.1) is 0 Å². The maximum absolute atomic E-state index is 10.9. The molecule has 1 aliphatic rings. The van der Waals surface area contributed by atoms with E-state index in [1.807, 2.05) is 0 Å². The van der Waals surface area contributed by atoms with Crippen LogP contribution >= 0.6 is 0 Å². The Bertz CT molecular complexity index is 321. The fraction of sp³-hybridized carbons (Fsp3) is 0. The molecule has 0 saturated heterocycles. The van der Waals surface area contributed by atoms with E-state index in [2.05, 4.69) is 5.32 Å². The number of benzene rings is 1. The van der Waals surface area contributed by atoms with E-state index in [1.165, 1.54) is 0 Å². The Hall–Kier alpha value is -0.00364. The second-order valence-corrected chi connectivity index (χ2v) is 2.33. The van der Waals surface area contributed by atoms with Crippen LogP contribution in [0.15, 0.2) is 24.3 Å². The molecule has 0 saturated carbocycles. The van der Waals surface area contributed by atoms with Crippen LogP contribution in [0.4, 0.5) is 0 Å². The molecule has 1 heterocycles. The van der Waals surface area contributed by atoms with Gasteiger partial charge in [0.25, 0.3) is 11.8 Å². The van der Waals surface area contributed by atoms with Crippen LogP contribution in [0.1, 0.15) is 22.1 Å². The molecule has 0 aromatic heterocycles. The molecule has 12 heavy (non-hydrogen) atoms. The van der Waals surface area contributed by atoms with Gasteiger partial charge in [-0.05, 0) is 12.1 Å². The van der Waals surface area contributed by atoms with Crippen molar-refractivity contribution < 1.29 is 62.4 Å². The molecule has 4 heteroatoms. The summed E-state index contributed by atoms with van der Waals surface area (Å²) in [4.78, 5) is 21.9. The molecule has 2 amide bonds. The largest absolute Gasteiger partial charge is 1.00 e.